The van der Waals surface area contributed by atoms with E-state index in [1.165, 1.54) is 22.5 Å². The second-order valence-electron chi connectivity index (χ2n) is 4.16. The zero-order valence-electron chi connectivity index (χ0n) is 11.3. The third-order valence-electron chi connectivity index (χ3n) is 2.50. The Morgan fingerprint density at radius 2 is 2.33 bits per heavy atom. The molecule has 0 radical (unpaired) electrons. The number of hydrogen-bond acceptors (Lipinski definition) is 5. The minimum Gasteiger partial charge on any atom is -0.310 e. The monoisotopic (exact) mass is 327 g/mol. The fourth-order valence-corrected chi connectivity index (χ4v) is 2.48. The molecule has 0 fully saturated rings. The zero-order valence-corrected chi connectivity index (χ0v) is 12.9. The lowest BCUT2D eigenvalue weighted by Gasteiger charge is -2.05. The number of rotatable bonds is 6. The standard InChI is InChI=1S/C12H14ClN5O2S/c1-2-5-18-11(20)16-17-12(18)21-7-10(19)15-9-4-3-8(13)6-14-9/h3-4,6H,2,5,7H2,1H3,(H,16,20)(H,14,15,19). The van der Waals surface area contributed by atoms with E-state index in [0.717, 1.165) is 6.42 Å². The number of carbonyl (C=O) groups is 1. The van der Waals surface area contributed by atoms with Gasteiger partial charge in [-0.3, -0.25) is 9.36 Å². The molecule has 1 amide bonds. The predicted octanol–water partition coefficient (Wildman–Crippen LogP) is 1.76. The molecule has 2 aromatic rings. The quantitative estimate of drug-likeness (QED) is 0.789. The maximum Gasteiger partial charge on any atom is 0.343 e. The van der Waals surface area contributed by atoms with Gasteiger partial charge in [0.1, 0.15) is 5.82 Å². The Hall–Kier alpha value is -1.80. The van der Waals surface area contributed by atoms with E-state index in [1.807, 2.05) is 6.92 Å². The largest absolute Gasteiger partial charge is 0.343 e. The maximum absolute atomic E-state index is 11.8. The molecule has 2 rings (SSSR count). The Kier molecular flexibility index (Phi) is 5.40. The summed E-state index contributed by atoms with van der Waals surface area (Å²) in [6.45, 7) is 2.53. The van der Waals surface area contributed by atoms with E-state index in [0.29, 0.717) is 22.5 Å². The molecule has 0 saturated heterocycles. The zero-order chi connectivity index (χ0) is 15.2. The highest BCUT2D eigenvalue weighted by Gasteiger charge is 2.11. The summed E-state index contributed by atoms with van der Waals surface area (Å²) in [4.78, 5) is 27.3. The number of thioether (sulfide) groups is 1. The fourth-order valence-electron chi connectivity index (χ4n) is 1.59. The molecule has 0 aromatic carbocycles. The lowest BCUT2D eigenvalue weighted by atomic mass is 10.4. The summed E-state index contributed by atoms with van der Waals surface area (Å²) in [6.07, 6.45) is 2.27. The Morgan fingerprint density at radius 3 is 3.00 bits per heavy atom. The number of aromatic nitrogens is 4. The van der Waals surface area contributed by atoms with Gasteiger partial charge in [0.05, 0.1) is 10.8 Å². The number of carbonyl (C=O) groups excluding carboxylic acids is 1. The molecule has 7 nitrogen and oxygen atoms in total. The van der Waals surface area contributed by atoms with Crippen molar-refractivity contribution in [2.75, 3.05) is 11.1 Å². The topological polar surface area (TPSA) is 92.7 Å². The number of anilines is 1. The van der Waals surface area contributed by atoms with Gasteiger partial charge in [0.15, 0.2) is 5.16 Å². The first kappa shape index (κ1) is 15.6. The van der Waals surface area contributed by atoms with E-state index < -0.39 is 0 Å². The Bertz CT molecular complexity index is 667. The second kappa shape index (κ2) is 7.28. The molecule has 21 heavy (non-hydrogen) atoms. The van der Waals surface area contributed by atoms with Crippen LogP contribution >= 0.6 is 23.4 Å². The van der Waals surface area contributed by atoms with Crippen LogP contribution in [0.2, 0.25) is 5.02 Å². The molecule has 0 bridgehead atoms. The first-order chi connectivity index (χ1) is 10.1. The number of H-pyrrole nitrogens is 1. The van der Waals surface area contributed by atoms with E-state index in [1.54, 1.807) is 12.1 Å². The molecule has 9 heteroatoms. The van der Waals surface area contributed by atoms with Gasteiger partial charge in [0.2, 0.25) is 5.91 Å². The molecule has 112 valence electrons. The average Bonchev–Trinajstić information content (AvgIpc) is 2.81. The molecule has 0 spiro atoms. The van der Waals surface area contributed by atoms with Gasteiger partial charge in [-0.05, 0) is 18.6 Å². The smallest absolute Gasteiger partial charge is 0.310 e. The van der Waals surface area contributed by atoms with Crippen LogP contribution < -0.4 is 11.0 Å². The van der Waals surface area contributed by atoms with Crippen molar-refractivity contribution < 1.29 is 4.79 Å². The van der Waals surface area contributed by atoms with Crippen molar-refractivity contribution in [1.82, 2.24) is 19.7 Å². The minimum atomic E-state index is -0.265. The molecule has 0 atom stereocenters. The van der Waals surface area contributed by atoms with Crippen molar-refractivity contribution in [3.05, 3.63) is 33.8 Å². The Labute approximate surface area is 130 Å². The van der Waals surface area contributed by atoms with Gasteiger partial charge >= 0.3 is 5.69 Å². The lowest BCUT2D eigenvalue weighted by Crippen LogP contribution is -2.18. The predicted molar refractivity (Wildman–Crippen MR) is 81.7 cm³/mol. The van der Waals surface area contributed by atoms with Crippen molar-refractivity contribution in [2.24, 2.45) is 0 Å². The molecule has 0 aliphatic heterocycles. The van der Waals surface area contributed by atoms with Gasteiger partial charge in [-0.15, -0.1) is 5.10 Å². The third kappa shape index (κ3) is 4.33. The van der Waals surface area contributed by atoms with Crippen molar-refractivity contribution >= 4 is 35.1 Å². The molecule has 0 saturated carbocycles. The molecular weight excluding hydrogens is 314 g/mol. The number of pyridine rings is 1. The van der Waals surface area contributed by atoms with E-state index in [9.17, 15) is 9.59 Å². The number of aromatic amines is 1. The second-order valence-corrected chi connectivity index (χ2v) is 5.54. The first-order valence-corrected chi connectivity index (χ1v) is 7.66. The third-order valence-corrected chi connectivity index (χ3v) is 3.70. The number of nitrogens with one attached hydrogen (secondary N) is 2. The van der Waals surface area contributed by atoms with Gasteiger partial charge < -0.3 is 5.32 Å². The molecule has 2 aromatic heterocycles. The molecule has 0 unspecified atom stereocenters. The highest BCUT2D eigenvalue weighted by atomic mass is 35.5. The van der Waals surface area contributed by atoms with E-state index >= 15 is 0 Å². The van der Waals surface area contributed by atoms with Crippen LogP contribution in [0.4, 0.5) is 5.82 Å². The Balaban J connectivity index is 1.92. The summed E-state index contributed by atoms with van der Waals surface area (Å²) in [5.74, 6) is 0.337. The van der Waals surface area contributed by atoms with Crippen LogP contribution in [0.3, 0.4) is 0 Å². The lowest BCUT2D eigenvalue weighted by molar-refractivity contribution is -0.113. The summed E-state index contributed by atoms with van der Waals surface area (Å²) in [5, 5.41) is 9.93. The molecule has 2 heterocycles. The van der Waals surface area contributed by atoms with E-state index in [4.69, 9.17) is 11.6 Å². The molecule has 0 aliphatic rings. The summed E-state index contributed by atoms with van der Waals surface area (Å²) in [5.41, 5.74) is -0.265. The van der Waals surface area contributed by atoms with Gasteiger partial charge in [-0.25, -0.2) is 14.9 Å². The van der Waals surface area contributed by atoms with Crippen LogP contribution in [0, 0.1) is 0 Å². The summed E-state index contributed by atoms with van der Waals surface area (Å²) < 4.78 is 1.51. The SMILES string of the molecule is CCCn1c(SCC(=O)Nc2ccc(Cl)cn2)n[nH]c1=O. The van der Waals surface area contributed by atoms with Crippen molar-refractivity contribution in [3.8, 4) is 0 Å². The van der Waals surface area contributed by atoms with Crippen LogP contribution in [-0.2, 0) is 11.3 Å². The van der Waals surface area contributed by atoms with Crippen LogP contribution in [0.1, 0.15) is 13.3 Å². The summed E-state index contributed by atoms with van der Waals surface area (Å²) in [6, 6.07) is 3.26. The van der Waals surface area contributed by atoms with Crippen molar-refractivity contribution in [1.29, 1.82) is 0 Å². The summed E-state index contributed by atoms with van der Waals surface area (Å²) in [7, 11) is 0. The number of amides is 1. The number of nitrogens with zero attached hydrogens (tertiary/aromatic N) is 3. The number of halogens is 1. The highest BCUT2D eigenvalue weighted by molar-refractivity contribution is 7.99. The first-order valence-electron chi connectivity index (χ1n) is 6.29. The molecular formula is C12H14ClN5O2S. The highest BCUT2D eigenvalue weighted by Crippen LogP contribution is 2.14. The van der Waals surface area contributed by atoms with Crippen LogP contribution in [0.25, 0.3) is 0 Å². The summed E-state index contributed by atoms with van der Waals surface area (Å²) >= 11 is 6.91. The van der Waals surface area contributed by atoms with Gasteiger partial charge in [-0.2, -0.15) is 0 Å². The molecule has 0 aliphatic carbocycles. The molecule has 2 N–H and O–H groups in total. The van der Waals surface area contributed by atoms with Crippen LogP contribution in [-0.4, -0.2) is 31.4 Å². The van der Waals surface area contributed by atoms with Gasteiger partial charge in [0.25, 0.3) is 0 Å². The Morgan fingerprint density at radius 1 is 1.52 bits per heavy atom. The minimum absolute atomic E-state index is 0.137. The van der Waals surface area contributed by atoms with Gasteiger partial charge in [0, 0.05) is 12.7 Å². The van der Waals surface area contributed by atoms with Crippen molar-refractivity contribution in [2.45, 2.75) is 25.0 Å². The maximum atomic E-state index is 11.8. The van der Waals surface area contributed by atoms with Crippen LogP contribution in [0.15, 0.2) is 28.3 Å². The fraction of sp³-hybridized carbons (Fsp3) is 0.333. The van der Waals surface area contributed by atoms with Gasteiger partial charge in [-0.1, -0.05) is 30.3 Å². The average molecular weight is 328 g/mol. The van der Waals surface area contributed by atoms with Crippen LogP contribution in [0.5, 0.6) is 0 Å². The van der Waals surface area contributed by atoms with Crippen molar-refractivity contribution in [3.63, 3.8) is 0 Å². The van der Waals surface area contributed by atoms with E-state index in [2.05, 4.69) is 20.5 Å². The normalized spacial score (nSPS) is 10.6. The number of hydrogen-bond donors (Lipinski definition) is 2. The van der Waals surface area contributed by atoms with E-state index in [-0.39, 0.29) is 17.3 Å².